The molecular formula is C7H13NO. The number of Topliss-reactive ketones (excluding diaryl/α,β-unsaturated/α-hetero) is 1. The van der Waals surface area contributed by atoms with Crippen LogP contribution in [0.3, 0.4) is 0 Å². The Morgan fingerprint density at radius 2 is 2.44 bits per heavy atom. The van der Waals surface area contributed by atoms with E-state index in [0.717, 1.165) is 19.4 Å². The molecule has 2 heteroatoms. The predicted octanol–water partition coefficient (Wildman–Crippen LogP) is 0.575. The van der Waals surface area contributed by atoms with Crippen molar-refractivity contribution in [3.05, 3.63) is 0 Å². The van der Waals surface area contributed by atoms with Gasteiger partial charge in [0.05, 0.1) is 6.54 Å². The van der Waals surface area contributed by atoms with E-state index >= 15 is 0 Å². The zero-order chi connectivity index (χ0) is 6.69. The van der Waals surface area contributed by atoms with Crippen LogP contribution in [0, 0.1) is 5.92 Å². The minimum Gasteiger partial charge on any atom is -0.310 e. The third-order valence-corrected chi connectivity index (χ3v) is 1.71. The Morgan fingerprint density at radius 1 is 1.67 bits per heavy atom. The molecule has 1 heterocycles. The van der Waals surface area contributed by atoms with Gasteiger partial charge in [0.25, 0.3) is 0 Å². The number of hydrogen-bond acceptors (Lipinski definition) is 2. The summed E-state index contributed by atoms with van der Waals surface area (Å²) >= 11 is 0. The van der Waals surface area contributed by atoms with Crippen LogP contribution in [0.5, 0.6) is 0 Å². The summed E-state index contributed by atoms with van der Waals surface area (Å²) in [5, 5.41) is 3.08. The first kappa shape index (κ1) is 6.75. The fourth-order valence-electron chi connectivity index (χ4n) is 1.14. The number of carbonyl (C=O) groups excluding carboxylic acids is 1. The molecular weight excluding hydrogens is 114 g/mol. The lowest BCUT2D eigenvalue weighted by Crippen LogP contribution is -2.19. The van der Waals surface area contributed by atoms with Gasteiger partial charge >= 0.3 is 0 Å². The van der Waals surface area contributed by atoms with E-state index in [0.29, 0.717) is 18.2 Å². The summed E-state index contributed by atoms with van der Waals surface area (Å²) in [5.41, 5.74) is 0. The Morgan fingerprint density at radius 3 is 3.22 bits per heavy atom. The molecule has 0 saturated carbocycles. The van der Waals surface area contributed by atoms with E-state index in [1.165, 1.54) is 0 Å². The lowest BCUT2D eigenvalue weighted by atomic mass is 10.0. The van der Waals surface area contributed by atoms with Crippen molar-refractivity contribution in [2.75, 3.05) is 13.1 Å². The van der Waals surface area contributed by atoms with Gasteiger partial charge in [0, 0.05) is 6.42 Å². The first-order valence-corrected chi connectivity index (χ1v) is 3.51. The van der Waals surface area contributed by atoms with Crippen molar-refractivity contribution in [3.8, 4) is 0 Å². The second-order valence-corrected chi connectivity index (χ2v) is 2.81. The van der Waals surface area contributed by atoms with Crippen molar-refractivity contribution in [3.63, 3.8) is 0 Å². The molecule has 1 fully saturated rings. The Kier molecular flexibility index (Phi) is 2.22. The number of hydrogen-bond donors (Lipinski definition) is 1. The van der Waals surface area contributed by atoms with Crippen LogP contribution in [0.4, 0.5) is 0 Å². The van der Waals surface area contributed by atoms with Gasteiger partial charge in [0.1, 0.15) is 5.78 Å². The lowest BCUT2D eigenvalue weighted by molar-refractivity contribution is -0.118. The molecule has 0 aliphatic carbocycles. The molecule has 1 unspecified atom stereocenters. The molecule has 1 aliphatic rings. The second-order valence-electron chi connectivity index (χ2n) is 2.81. The minimum atomic E-state index is 0.361. The van der Waals surface area contributed by atoms with Crippen LogP contribution in [0.25, 0.3) is 0 Å². The number of ketones is 1. The molecule has 1 aliphatic heterocycles. The maximum Gasteiger partial charge on any atom is 0.146 e. The summed E-state index contributed by atoms with van der Waals surface area (Å²) in [6.07, 6.45) is 1.92. The SMILES string of the molecule is CC1CCNCC(=O)C1. The van der Waals surface area contributed by atoms with Crippen molar-refractivity contribution < 1.29 is 4.79 Å². The highest BCUT2D eigenvalue weighted by atomic mass is 16.1. The average molecular weight is 127 g/mol. The quantitative estimate of drug-likeness (QED) is 0.515. The molecule has 9 heavy (non-hydrogen) atoms. The van der Waals surface area contributed by atoms with Crippen molar-refractivity contribution in [2.24, 2.45) is 5.92 Å². The van der Waals surface area contributed by atoms with Crippen LogP contribution in [0.15, 0.2) is 0 Å². The van der Waals surface area contributed by atoms with Crippen LogP contribution >= 0.6 is 0 Å². The summed E-state index contributed by atoms with van der Waals surface area (Å²) < 4.78 is 0. The highest BCUT2D eigenvalue weighted by molar-refractivity contribution is 5.80. The zero-order valence-corrected chi connectivity index (χ0v) is 5.81. The molecule has 2 nitrogen and oxygen atoms in total. The van der Waals surface area contributed by atoms with Crippen LogP contribution in [0.2, 0.25) is 0 Å². The summed E-state index contributed by atoms with van der Waals surface area (Å²) in [6.45, 7) is 3.72. The Bertz CT molecular complexity index is 111. The van der Waals surface area contributed by atoms with E-state index < -0.39 is 0 Å². The largest absolute Gasteiger partial charge is 0.310 e. The Balaban J connectivity index is 2.37. The van der Waals surface area contributed by atoms with Gasteiger partial charge in [0.15, 0.2) is 0 Å². The molecule has 0 spiro atoms. The summed E-state index contributed by atoms with van der Waals surface area (Å²) in [6, 6.07) is 0. The molecule has 1 N–H and O–H groups in total. The van der Waals surface area contributed by atoms with Gasteiger partial charge in [-0.15, -0.1) is 0 Å². The van der Waals surface area contributed by atoms with E-state index in [1.807, 2.05) is 0 Å². The van der Waals surface area contributed by atoms with Crippen molar-refractivity contribution >= 4 is 5.78 Å². The maximum absolute atomic E-state index is 10.8. The van der Waals surface area contributed by atoms with E-state index in [1.54, 1.807) is 0 Å². The van der Waals surface area contributed by atoms with Gasteiger partial charge < -0.3 is 5.32 Å². The van der Waals surface area contributed by atoms with E-state index in [2.05, 4.69) is 12.2 Å². The fourth-order valence-corrected chi connectivity index (χ4v) is 1.14. The van der Waals surface area contributed by atoms with Gasteiger partial charge in [-0.1, -0.05) is 6.92 Å². The maximum atomic E-state index is 10.8. The van der Waals surface area contributed by atoms with Crippen LogP contribution in [-0.4, -0.2) is 18.9 Å². The van der Waals surface area contributed by atoms with Crippen LogP contribution in [0.1, 0.15) is 19.8 Å². The average Bonchev–Trinajstić information content (AvgIpc) is 1.93. The van der Waals surface area contributed by atoms with E-state index in [9.17, 15) is 4.79 Å². The molecule has 0 aromatic rings. The number of rotatable bonds is 0. The smallest absolute Gasteiger partial charge is 0.146 e. The zero-order valence-electron chi connectivity index (χ0n) is 5.81. The molecule has 1 atom stereocenters. The van der Waals surface area contributed by atoms with Gasteiger partial charge in [-0.3, -0.25) is 4.79 Å². The monoisotopic (exact) mass is 127 g/mol. The molecule has 0 aromatic heterocycles. The van der Waals surface area contributed by atoms with E-state index in [4.69, 9.17) is 0 Å². The molecule has 0 amide bonds. The van der Waals surface area contributed by atoms with Crippen molar-refractivity contribution in [2.45, 2.75) is 19.8 Å². The van der Waals surface area contributed by atoms with Gasteiger partial charge in [-0.2, -0.15) is 0 Å². The molecule has 1 rings (SSSR count). The second kappa shape index (κ2) is 2.97. The molecule has 0 bridgehead atoms. The lowest BCUT2D eigenvalue weighted by Gasteiger charge is -2.01. The molecule has 1 saturated heterocycles. The molecule has 0 aromatic carbocycles. The topological polar surface area (TPSA) is 29.1 Å². The van der Waals surface area contributed by atoms with Crippen molar-refractivity contribution in [1.29, 1.82) is 0 Å². The third-order valence-electron chi connectivity index (χ3n) is 1.71. The van der Waals surface area contributed by atoms with Crippen LogP contribution in [-0.2, 0) is 4.79 Å². The van der Waals surface area contributed by atoms with Crippen LogP contribution < -0.4 is 5.32 Å². The number of nitrogens with one attached hydrogen (secondary N) is 1. The van der Waals surface area contributed by atoms with Gasteiger partial charge in [-0.25, -0.2) is 0 Å². The summed E-state index contributed by atoms with van der Waals surface area (Å²) in [7, 11) is 0. The Hall–Kier alpha value is -0.370. The summed E-state index contributed by atoms with van der Waals surface area (Å²) in [5.74, 6) is 0.951. The first-order valence-electron chi connectivity index (χ1n) is 3.51. The highest BCUT2D eigenvalue weighted by Gasteiger charge is 2.11. The fraction of sp³-hybridized carbons (Fsp3) is 0.857. The van der Waals surface area contributed by atoms with E-state index in [-0.39, 0.29) is 0 Å². The van der Waals surface area contributed by atoms with Gasteiger partial charge in [0.2, 0.25) is 0 Å². The highest BCUT2D eigenvalue weighted by Crippen LogP contribution is 2.08. The molecule has 0 radical (unpaired) electrons. The minimum absolute atomic E-state index is 0.361. The van der Waals surface area contributed by atoms with Crippen molar-refractivity contribution in [1.82, 2.24) is 5.32 Å². The summed E-state index contributed by atoms with van der Waals surface area (Å²) in [4.78, 5) is 10.8. The molecule has 52 valence electrons. The normalized spacial score (nSPS) is 29.9. The predicted molar refractivity (Wildman–Crippen MR) is 36.3 cm³/mol. The first-order chi connectivity index (χ1) is 4.29. The number of carbonyl (C=O) groups is 1. The van der Waals surface area contributed by atoms with Gasteiger partial charge in [-0.05, 0) is 18.9 Å². The standard InChI is InChI=1S/C7H13NO/c1-6-2-3-8-5-7(9)4-6/h6,8H,2-5H2,1H3. The third kappa shape index (κ3) is 2.14. The Labute approximate surface area is 55.6 Å².